The minimum atomic E-state index is -0.552. The lowest BCUT2D eigenvalue weighted by Gasteiger charge is -2.05. The summed E-state index contributed by atoms with van der Waals surface area (Å²) in [5.41, 5.74) is 2.80. The van der Waals surface area contributed by atoms with E-state index in [0.29, 0.717) is 23.3 Å². The molecular weight excluding hydrogens is 387 g/mol. The minimum Gasteiger partial charge on any atom is -0.444 e. The van der Waals surface area contributed by atoms with E-state index in [9.17, 15) is 9.18 Å². The molecule has 0 spiro atoms. The Morgan fingerprint density at radius 1 is 1.24 bits per heavy atom. The van der Waals surface area contributed by atoms with Crippen LogP contribution in [0.15, 0.2) is 57.6 Å². The zero-order chi connectivity index (χ0) is 17.8. The fourth-order valence-corrected chi connectivity index (χ4v) is 2.68. The summed E-state index contributed by atoms with van der Waals surface area (Å²) >= 11 is 3.23. The van der Waals surface area contributed by atoms with Crippen LogP contribution in [0.2, 0.25) is 0 Å². The van der Waals surface area contributed by atoms with E-state index in [-0.39, 0.29) is 5.56 Å². The van der Waals surface area contributed by atoms with Crippen molar-refractivity contribution in [3.05, 3.63) is 75.8 Å². The van der Waals surface area contributed by atoms with Crippen LogP contribution >= 0.6 is 15.9 Å². The number of nitrogens with one attached hydrogen (secondary N) is 1. The quantitative estimate of drug-likeness (QED) is 0.682. The number of aryl methyl sites for hydroxylation is 1. The second-order valence-corrected chi connectivity index (χ2v) is 6.56. The lowest BCUT2D eigenvalue weighted by Crippen LogP contribution is -2.26. The van der Waals surface area contributed by atoms with Gasteiger partial charge in [-0.25, -0.2) is 9.37 Å². The van der Waals surface area contributed by atoms with Crippen molar-refractivity contribution < 1.29 is 13.6 Å². The van der Waals surface area contributed by atoms with E-state index in [1.54, 1.807) is 12.3 Å². The molecule has 128 valence electrons. The predicted molar refractivity (Wildman–Crippen MR) is 96.8 cm³/mol. The summed E-state index contributed by atoms with van der Waals surface area (Å²) in [6.45, 7) is 2.35. The van der Waals surface area contributed by atoms with Crippen LogP contribution in [0.4, 0.5) is 4.39 Å². The van der Waals surface area contributed by atoms with Crippen molar-refractivity contribution in [3.8, 4) is 11.5 Å². The van der Waals surface area contributed by atoms with Crippen LogP contribution in [0.25, 0.3) is 11.5 Å². The van der Waals surface area contributed by atoms with Crippen molar-refractivity contribution in [1.82, 2.24) is 10.3 Å². The van der Waals surface area contributed by atoms with Crippen molar-refractivity contribution in [1.29, 1.82) is 0 Å². The summed E-state index contributed by atoms with van der Waals surface area (Å²) in [5.74, 6) is -0.468. The molecule has 0 saturated carbocycles. The number of hydrogen-bond acceptors (Lipinski definition) is 3. The highest BCUT2D eigenvalue weighted by molar-refractivity contribution is 9.10. The number of hydrogen-bond donors (Lipinski definition) is 1. The first-order valence-corrected chi connectivity index (χ1v) is 8.57. The number of aromatic nitrogens is 1. The number of nitrogens with zero attached hydrogens (tertiary/aromatic N) is 1. The molecule has 0 aliphatic rings. The Bertz CT molecular complexity index is 891. The average Bonchev–Trinajstić information content (AvgIpc) is 3.06. The molecule has 4 nitrogen and oxygen atoms in total. The van der Waals surface area contributed by atoms with Gasteiger partial charge in [-0.15, -0.1) is 0 Å². The first-order valence-electron chi connectivity index (χ1n) is 7.77. The third-order valence-electron chi connectivity index (χ3n) is 3.69. The van der Waals surface area contributed by atoms with Crippen LogP contribution < -0.4 is 5.32 Å². The maximum absolute atomic E-state index is 13.7. The minimum absolute atomic E-state index is 0.00914. The largest absolute Gasteiger partial charge is 0.444 e. The predicted octanol–water partition coefficient (Wildman–Crippen LogP) is 4.52. The van der Waals surface area contributed by atoms with Crippen LogP contribution in [0.5, 0.6) is 0 Å². The summed E-state index contributed by atoms with van der Waals surface area (Å²) < 4.78 is 19.8. The Morgan fingerprint density at radius 3 is 2.76 bits per heavy atom. The van der Waals surface area contributed by atoms with Gasteiger partial charge in [0.15, 0.2) is 0 Å². The molecule has 6 heteroatoms. The Morgan fingerprint density at radius 2 is 2.00 bits per heavy atom. The third-order valence-corrected chi connectivity index (χ3v) is 4.18. The summed E-state index contributed by atoms with van der Waals surface area (Å²) in [4.78, 5) is 16.5. The molecule has 0 fully saturated rings. The first-order chi connectivity index (χ1) is 12.0. The molecule has 0 unspecified atom stereocenters. The number of benzene rings is 2. The van der Waals surface area contributed by atoms with Gasteiger partial charge in [0.1, 0.15) is 12.1 Å². The fraction of sp³-hybridized carbons (Fsp3) is 0.158. The summed E-state index contributed by atoms with van der Waals surface area (Å²) in [6.07, 6.45) is 2.07. The monoisotopic (exact) mass is 402 g/mol. The average molecular weight is 403 g/mol. The Hall–Kier alpha value is -2.47. The third kappa shape index (κ3) is 4.33. The number of oxazole rings is 1. The highest BCUT2D eigenvalue weighted by atomic mass is 79.9. The van der Waals surface area contributed by atoms with E-state index in [0.717, 1.165) is 16.8 Å². The number of amides is 1. The molecule has 3 rings (SSSR count). The molecule has 3 aromatic rings. The standard InChI is InChI=1S/C19H16BrFN2O2/c1-12-2-4-13(5-3-12)19-23-15(11-25-19)8-9-22-18(24)16-10-14(20)6-7-17(16)21/h2-7,10-11H,8-9H2,1H3,(H,22,24). The SMILES string of the molecule is Cc1ccc(-c2nc(CCNC(=O)c3cc(Br)ccc3F)co2)cc1. The van der Waals surface area contributed by atoms with E-state index in [1.807, 2.05) is 31.2 Å². The van der Waals surface area contributed by atoms with Gasteiger partial charge < -0.3 is 9.73 Å². The van der Waals surface area contributed by atoms with E-state index < -0.39 is 11.7 Å². The second-order valence-electron chi connectivity index (χ2n) is 5.64. The van der Waals surface area contributed by atoms with Gasteiger partial charge in [-0.2, -0.15) is 0 Å². The molecule has 2 aromatic carbocycles. The summed E-state index contributed by atoms with van der Waals surface area (Å²) in [5, 5.41) is 2.69. The molecule has 0 radical (unpaired) electrons. The van der Waals surface area contributed by atoms with Gasteiger partial charge in [0.05, 0.1) is 11.3 Å². The van der Waals surface area contributed by atoms with Crippen LogP contribution in [0.1, 0.15) is 21.6 Å². The maximum Gasteiger partial charge on any atom is 0.254 e. The molecule has 0 saturated heterocycles. The fourth-order valence-electron chi connectivity index (χ4n) is 2.32. The van der Waals surface area contributed by atoms with E-state index in [4.69, 9.17) is 4.42 Å². The van der Waals surface area contributed by atoms with Gasteiger partial charge in [-0.05, 0) is 37.3 Å². The number of rotatable bonds is 5. The molecule has 0 aliphatic carbocycles. The van der Waals surface area contributed by atoms with Crippen molar-refractivity contribution in [3.63, 3.8) is 0 Å². The van der Waals surface area contributed by atoms with Crippen LogP contribution in [-0.4, -0.2) is 17.4 Å². The number of carbonyl (C=O) groups is 1. The Kier molecular flexibility index (Phi) is 5.28. The van der Waals surface area contributed by atoms with Gasteiger partial charge in [-0.3, -0.25) is 4.79 Å². The number of halogens is 2. The Balaban J connectivity index is 1.58. The van der Waals surface area contributed by atoms with E-state index >= 15 is 0 Å². The lowest BCUT2D eigenvalue weighted by molar-refractivity contribution is 0.0950. The summed E-state index contributed by atoms with van der Waals surface area (Å²) in [7, 11) is 0. The zero-order valence-corrected chi connectivity index (χ0v) is 15.1. The van der Waals surface area contributed by atoms with Crippen molar-refractivity contribution in [2.24, 2.45) is 0 Å². The Labute approximate surface area is 153 Å². The molecule has 0 aliphatic heterocycles. The van der Waals surface area contributed by atoms with E-state index in [1.165, 1.54) is 12.1 Å². The zero-order valence-electron chi connectivity index (χ0n) is 13.6. The molecule has 1 N–H and O–H groups in total. The van der Waals surface area contributed by atoms with Gasteiger partial charge >= 0.3 is 0 Å². The van der Waals surface area contributed by atoms with Crippen molar-refractivity contribution >= 4 is 21.8 Å². The van der Waals surface area contributed by atoms with Gasteiger partial charge in [0.2, 0.25) is 5.89 Å². The highest BCUT2D eigenvalue weighted by Gasteiger charge is 2.12. The normalized spacial score (nSPS) is 10.7. The van der Waals surface area contributed by atoms with Crippen molar-refractivity contribution in [2.45, 2.75) is 13.3 Å². The molecular formula is C19H16BrFN2O2. The first kappa shape index (κ1) is 17.4. The van der Waals surface area contributed by atoms with Gasteiger partial charge in [-0.1, -0.05) is 33.6 Å². The topological polar surface area (TPSA) is 55.1 Å². The molecule has 1 amide bonds. The molecule has 0 atom stereocenters. The van der Waals surface area contributed by atoms with E-state index in [2.05, 4.69) is 26.2 Å². The number of carbonyl (C=O) groups excluding carboxylic acids is 1. The van der Waals surface area contributed by atoms with Gasteiger partial charge in [0.25, 0.3) is 5.91 Å². The smallest absolute Gasteiger partial charge is 0.254 e. The molecule has 0 bridgehead atoms. The van der Waals surface area contributed by atoms with Crippen LogP contribution in [0.3, 0.4) is 0 Å². The van der Waals surface area contributed by atoms with Crippen molar-refractivity contribution in [2.75, 3.05) is 6.54 Å². The maximum atomic E-state index is 13.7. The summed E-state index contributed by atoms with van der Waals surface area (Å²) in [6, 6.07) is 12.1. The molecule has 1 heterocycles. The highest BCUT2D eigenvalue weighted by Crippen LogP contribution is 2.19. The van der Waals surface area contributed by atoms with Crippen LogP contribution in [-0.2, 0) is 6.42 Å². The van der Waals surface area contributed by atoms with Crippen LogP contribution in [0, 0.1) is 12.7 Å². The lowest BCUT2D eigenvalue weighted by atomic mass is 10.1. The molecule has 25 heavy (non-hydrogen) atoms. The van der Waals surface area contributed by atoms with Gasteiger partial charge in [0, 0.05) is 23.0 Å². The molecule has 1 aromatic heterocycles. The second kappa shape index (κ2) is 7.61.